The molecule has 0 saturated carbocycles. The Morgan fingerprint density at radius 1 is 1.20 bits per heavy atom. The van der Waals surface area contributed by atoms with E-state index in [1.807, 2.05) is 48.5 Å². The Kier molecular flexibility index (Phi) is 5.25. The SMILES string of the molecule is COc1ccc(/C=N\NC(=O)c2cnn(-c3ccc(Br)cc3)c2)cc1. The van der Waals surface area contributed by atoms with Gasteiger partial charge in [-0.2, -0.15) is 10.2 Å². The fourth-order valence-corrected chi connectivity index (χ4v) is 2.36. The Morgan fingerprint density at radius 2 is 1.92 bits per heavy atom. The zero-order chi connectivity index (χ0) is 17.6. The zero-order valence-corrected chi connectivity index (χ0v) is 15.0. The molecule has 126 valence electrons. The number of halogens is 1. The molecule has 1 N–H and O–H groups in total. The van der Waals surface area contributed by atoms with Crippen LogP contribution in [0, 0.1) is 0 Å². The van der Waals surface area contributed by atoms with E-state index in [1.54, 1.807) is 24.2 Å². The van der Waals surface area contributed by atoms with Crippen molar-refractivity contribution in [2.24, 2.45) is 5.10 Å². The summed E-state index contributed by atoms with van der Waals surface area (Å²) in [5, 5.41) is 8.16. The van der Waals surface area contributed by atoms with Crippen molar-refractivity contribution >= 4 is 28.1 Å². The first kappa shape index (κ1) is 16.9. The van der Waals surface area contributed by atoms with Gasteiger partial charge in [0, 0.05) is 10.7 Å². The van der Waals surface area contributed by atoms with E-state index >= 15 is 0 Å². The van der Waals surface area contributed by atoms with Crippen LogP contribution in [0.15, 0.2) is 70.5 Å². The third kappa shape index (κ3) is 4.33. The summed E-state index contributed by atoms with van der Waals surface area (Å²) in [4.78, 5) is 12.1. The van der Waals surface area contributed by atoms with Gasteiger partial charge in [0.2, 0.25) is 0 Å². The molecular formula is C18H15BrN4O2. The number of hydrogen-bond acceptors (Lipinski definition) is 4. The van der Waals surface area contributed by atoms with Gasteiger partial charge in [-0.25, -0.2) is 10.1 Å². The van der Waals surface area contributed by atoms with Gasteiger partial charge in [0.1, 0.15) is 5.75 Å². The second kappa shape index (κ2) is 7.76. The first-order chi connectivity index (χ1) is 12.2. The van der Waals surface area contributed by atoms with Crippen LogP contribution in [0.3, 0.4) is 0 Å². The van der Waals surface area contributed by atoms with Crippen LogP contribution in [0.1, 0.15) is 15.9 Å². The van der Waals surface area contributed by atoms with Crippen LogP contribution in [0.25, 0.3) is 5.69 Å². The van der Waals surface area contributed by atoms with Crippen LogP contribution in [0.4, 0.5) is 0 Å². The van der Waals surface area contributed by atoms with Crippen molar-refractivity contribution in [3.05, 3.63) is 76.5 Å². The van der Waals surface area contributed by atoms with Gasteiger partial charge in [0.15, 0.2) is 0 Å². The molecule has 0 aliphatic carbocycles. The van der Waals surface area contributed by atoms with Crippen molar-refractivity contribution in [2.75, 3.05) is 7.11 Å². The highest BCUT2D eigenvalue weighted by molar-refractivity contribution is 9.10. The minimum atomic E-state index is -0.326. The summed E-state index contributed by atoms with van der Waals surface area (Å²) >= 11 is 3.39. The molecule has 0 aliphatic rings. The van der Waals surface area contributed by atoms with Crippen LogP contribution < -0.4 is 10.2 Å². The molecule has 7 heteroatoms. The number of rotatable bonds is 5. The van der Waals surface area contributed by atoms with E-state index in [4.69, 9.17) is 4.74 Å². The molecule has 3 rings (SSSR count). The number of methoxy groups -OCH3 is 1. The lowest BCUT2D eigenvalue weighted by molar-refractivity contribution is 0.0955. The second-order valence-electron chi connectivity index (χ2n) is 5.12. The molecule has 0 atom stereocenters. The molecule has 1 heterocycles. The number of aromatic nitrogens is 2. The van der Waals surface area contributed by atoms with Crippen LogP contribution >= 0.6 is 15.9 Å². The van der Waals surface area contributed by atoms with Crippen molar-refractivity contribution in [3.63, 3.8) is 0 Å². The normalized spacial score (nSPS) is 10.8. The minimum absolute atomic E-state index is 0.326. The fourth-order valence-electron chi connectivity index (χ4n) is 2.10. The molecular weight excluding hydrogens is 384 g/mol. The number of benzene rings is 2. The highest BCUT2D eigenvalue weighted by atomic mass is 79.9. The number of ether oxygens (including phenoxy) is 1. The smallest absolute Gasteiger partial charge is 0.274 e. The van der Waals surface area contributed by atoms with Gasteiger partial charge in [-0.1, -0.05) is 15.9 Å². The average Bonchev–Trinajstić information content (AvgIpc) is 3.13. The van der Waals surface area contributed by atoms with Crippen molar-refractivity contribution in [2.45, 2.75) is 0 Å². The molecule has 6 nitrogen and oxygen atoms in total. The average molecular weight is 399 g/mol. The first-order valence-corrected chi connectivity index (χ1v) is 8.23. The van der Waals surface area contributed by atoms with Crippen molar-refractivity contribution in [1.82, 2.24) is 15.2 Å². The third-order valence-corrected chi connectivity index (χ3v) is 3.96. The summed E-state index contributed by atoms with van der Waals surface area (Å²) in [5.74, 6) is 0.440. The number of nitrogens with one attached hydrogen (secondary N) is 1. The van der Waals surface area contributed by atoms with Gasteiger partial charge < -0.3 is 4.74 Å². The maximum Gasteiger partial charge on any atom is 0.274 e. The molecule has 0 radical (unpaired) electrons. The molecule has 2 aromatic carbocycles. The van der Waals surface area contributed by atoms with E-state index in [-0.39, 0.29) is 5.91 Å². The van der Waals surface area contributed by atoms with Crippen LogP contribution in [-0.2, 0) is 0 Å². The van der Waals surface area contributed by atoms with Crippen molar-refractivity contribution < 1.29 is 9.53 Å². The van der Waals surface area contributed by atoms with Gasteiger partial charge in [0.05, 0.1) is 30.8 Å². The predicted octanol–water partition coefficient (Wildman–Crippen LogP) is 3.41. The fraction of sp³-hybridized carbons (Fsp3) is 0.0556. The molecule has 1 amide bonds. The lowest BCUT2D eigenvalue weighted by atomic mass is 10.2. The van der Waals surface area contributed by atoms with E-state index < -0.39 is 0 Å². The first-order valence-electron chi connectivity index (χ1n) is 7.44. The zero-order valence-electron chi connectivity index (χ0n) is 13.4. The summed E-state index contributed by atoms with van der Waals surface area (Å²) in [6.07, 6.45) is 4.72. The summed E-state index contributed by atoms with van der Waals surface area (Å²) in [6.45, 7) is 0. The monoisotopic (exact) mass is 398 g/mol. The van der Waals surface area contributed by atoms with Crippen LogP contribution in [0.5, 0.6) is 5.75 Å². The molecule has 0 bridgehead atoms. The lowest BCUT2D eigenvalue weighted by Crippen LogP contribution is -2.16. The Bertz CT molecular complexity index is 886. The molecule has 0 spiro atoms. The largest absolute Gasteiger partial charge is 0.497 e. The predicted molar refractivity (Wildman–Crippen MR) is 99.3 cm³/mol. The maximum atomic E-state index is 12.1. The summed E-state index contributed by atoms with van der Waals surface area (Å²) in [7, 11) is 1.61. The van der Waals surface area contributed by atoms with E-state index in [0.29, 0.717) is 5.56 Å². The number of carbonyl (C=O) groups is 1. The van der Waals surface area contributed by atoms with Gasteiger partial charge in [0.25, 0.3) is 5.91 Å². The Hall–Kier alpha value is -2.93. The highest BCUT2D eigenvalue weighted by Crippen LogP contribution is 2.14. The van der Waals surface area contributed by atoms with Crippen LogP contribution in [-0.4, -0.2) is 29.0 Å². The topological polar surface area (TPSA) is 68.5 Å². The van der Waals surface area contributed by atoms with Gasteiger partial charge in [-0.05, 0) is 54.1 Å². The van der Waals surface area contributed by atoms with Gasteiger partial charge >= 0.3 is 0 Å². The number of hydrogen-bond donors (Lipinski definition) is 1. The third-order valence-electron chi connectivity index (χ3n) is 3.43. The van der Waals surface area contributed by atoms with Crippen molar-refractivity contribution in [3.8, 4) is 11.4 Å². The van der Waals surface area contributed by atoms with E-state index in [1.165, 1.54) is 6.20 Å². The molecule has 0 fully saturated rings. The maximum absolute atomic E-state index is 12.1. The van der Waals surface area contributed by atoms with Gasteiger partial charge in [-0.3, -0.25) is 4.79 Å². The molecule has 0 aliphatic heterocycles. The molecule has 25 heavy (non-hydrogen) atoms. The van der Waals surface area contributed by atoms with E-state index in [2.05, 4.69) is 31.6 Å². The van der Waals surface area contributed by atoms with E-state index in [9.17, 15) is 4.79 Å². The Balaban J connectivity index is 1.63. The standard InChI is InChI=1S/C18H15BrN4O2/c1-25-17-8-2-13(3-9-17)10-20-22-18(24)14-11-21-23(12-14)16-6-4-15(19)5-7-16/h2-12H,1H3,(H,22,24)/b20-10-. The number of nitrogens with zero attached hydrogens (tertiary/aromatic N) is 3. The summed E-state index contributed by atoms with van der Waals surface area (Å²) < 4.78 is 7.70. The van der Waals surface area contributed by atoms with Crippen molar-refractivity contribution in [1.29, 1.82) is 0 Å². The quantitative estimate of drug-likeness (QED) is 0.528. The molecule has 3 aromatic rings. The van der Waals surface area contributed by atoms with Gasteiger partial charge in [-0.15, -0.1) is 0 Å². The Labute approximate surface area is 153 Å². The molecule has 1 aromatic heterocycles. The number of carbonyl (C=O) groups excluding carboxylic acids is 1. The molecule has 0 saturated heterocycles. The summed E-state index contributed by atoms with van der Waals surface area (Å²) in [5.41, 5.74) is 4.63. The summed E-state index contributed by atoms with van der Waals surface area (Å²) in [6, 6.07) is 15.0. The minimum Gasteiger partial charge on any atom is -0.497 e. The molecule has 0 unspecified atom stereocenters. The van der Waals surface area contributed by atoms with E-state index in [0.717, 1.165) is 21.5 Å². The number of amides is 1. The van der Waals surface area contributed by atoms with Crippen LogP contribution in [0.2, 0.25) is 0 Å². The second-order valence-corrected chi connectivity index (χ2v) is 6.04. The highest BCUT2D eigenvalue weighted by Gasteiger charge is 2.08. The lowest BCUT2D eigenvalue weighted by Gasteiger charge is -2.00. The number of hydrazone groups is 1. The Morgan fingerprint density at radius 3 is 2.60 bits per heavy atom.